The molecule has 0 saturated heterocycles. The SMILES string of the molecule is Nc1c2c(nn1C(=O)[C@@H]1CCNc3ccc(F)cc31)CC[C@H](F)C2. The van der Waals surface area contributed by atoms with Crippen molar-refractivity contribution in [3.05, 3.63) is 40.8 Å². The molecule has 0 spiro atoms. The summed E-state index contributed by atoms with van der Waals surface area (Å²) in [4.78, 5) is 13.0. The average molecular weight is 332 g/mol. The second kappa shape index (κ2) is 5.58. The average Bonchev–Trinajstić information content (AvgIpc) is 2.90. The van der Waals surface area contributed by atoms with Gasteiger partial charge in [-0.1, -0.05) is 0 Å². The van der Waals surface area contributed by atoms with Crippen molar-refractivity contribution in [2.45, 2.75) is 37.8 Å². The molecule has 5 nitrogen and oxygen atoms in total. The van der Waals surface area contributed by atoms with Crippen LogP contribution in [0.5, 0.6) is 0 Å². The van der Waals surface area contributed by atoms with Crippen LogP contribution in [0.3, 0.4) is 0 Å². The number of alkyl halides is 1. The molecule has 2 heterocycles. The van der Waals surface area contributed by atoms with E-state index in [1.54, 1.807) is 6.07 Å². The summed E-state index contributed by atoms with van der Waals surface area (Å²) in [5, 5.41) is 7.48. The molecule has 0 radical (unpaired) electrons. The van der Waals surface area contributed by atoms with Crippen LogP contribution in [0.4, 0.5) is 20.3 Å². The number of fused-ring (bicyclic) bond motifs is 2. The topological polar surface area (TPSA) is 72.9 Å². The van der Waals surface area contributed by atoms with Gasteiger partial charge >= 0.3 is 0 Å². The fourth-order valence-electron chi connectivity index (χ4n) is 3.61. The van der Waals surface area contributed by atoms with E-state index in [-0.39, 0.29) is 24.0 Å². The fraction of sp³-hybridized carbons (Fsp3) is 0.412. The highest BCUT2D eigenvalue weighted by atomic mass is 19.1. The lowest BCUT2D eigenvalue weighted by molar-refractivity contribution is 0.0859. The van der Waals surface area contributed by atoms with Gasteiger partial charge in [0.1, 0.15) is 17.8 Å². The zero-order valence-electron chi connectivity index (χ0n) is 13.1. The first kappa shape index (κ1) is 15.1. The second-order valence-electron chi connectivity index (χ2n) is 6.40. The van der Waals surface area contributed by atoms with Gasteiger partial charge in [0.15, 0.2) is 0 Å². The van der Waals surface area contributed by atoms with E-state index in [0.717, 1.165) is 5.69 Å². The van der Waals surface area contributed by atoms with Crippen molar-refractivity contribution in [2.24, 2.45) is 0 Å². The molecule has 3 N–H and O–H groups in total. The highest BCUT2D eigenvalue weighted by Crippen LogP contribution is 2.35. The third kappa shape index (κ3) is 2.35. The summed E-state index contributed by atoms with van der Waals surface area (Å²) in [5.74, 6) is -0.968. The minimum absolute atomic E-state index is 0.200. The molecule has 0 bridgehead atoms. The number of carbonyl (C=O) groups excluding carboxylic acids is 1. The molecule has 1 aliphatic carbocycles. The maximum absolute atomic E-state index is 13.6. The van der Waals surface area contributed by atoms with Crippen LogP contribution in [0.25, 0.3) is 0 Å². The van der Waals surface area contributed by atoms with Gasteiger partial charge in [-0.3, -0.25) is 4.79 Å². The number of aryl methyl sites for hydroxylation is 1. The maximum atomic E-state index is 13.6. The summed E-state index contributed by atoms with van der Waals surface area (Å²) in [5.41, 5.74) is 8.76. The Morgan fingerprint density at radius 2 is 2.21 bits per heavy atom. The summed E-state index contributed by atoms with van der Waals surface area (Å²) in [6.07, 6.45) is 0.676. The minimum Gasteiger partial charge on any atom is -0.385 e. The molecular formula is C17H18F2N4O. The van der Waals surface area contributed by atoms with Gasteiger partial charge in [-0.2, -0.15) is 9.78 Å². The number of hydrogen-bond donors (Lipinski definition) is 2. The normalized spacial score (nSPS) is 22.4. The van der Waals surface area contributed by atoms with Gasteiger partial charge < -0.3 is 11.1 Å². The smallest absolute Gasteiger partial charge is 0.256 e. The van der Waals surface area contributed by atoms with Crippen LogP contribution in [-0.2, 0) is 12.8 Å². The van der Waals surface area contributed by atoms with Crippen LogP contribution in [0.15, 0.2) is 18.2 Å². The Kier molecular flexibility index (Phi) is 3.51. The zero-order valence-corrected chi connectivity index (χ0v) is 13.1. The van der Waals surface area contributed by atoms with Crippen molar-refractivity contribution in [1.29, 1.82) is 0 Å². The lowest BCUT2D eigenvalue weighted by atomic mass is 9.90. The molecule has 7 heteroatoms. The molecule has 0 unspecified atom stereocenters. The summed E-state index contributed by atoms with van der Waals surface area (Å²) in [6, 6.07) is 4.37. The van der Waals surface area contributed by atoms with E-state index >= 15 is 0 Å². The predicted octanol–water partition coefficient (Wildman–Crippen LogP) is 2.67. The fourth-order valence-corrected chi connectivity index (χ4v) is 3.61. The van der Waals surface area contributed by atoms with Crippen LogP contribution in [0.1, 0.15) is 40.4 Å². The van der Waals surface area contributed by atoms with E-state index in [9.17, 15) is 13.6 Å². The number of benzene rings is 1. The summed E-state index contributed by atoms with van der Waals surface area (Å²) >= 11 is 0. The largest absolute Gasteiger partial charge is 0.385 e. The van der Waals surface area contributed by atoms with Crippen molar-refractivity contribution in [3.63, 3.8) is 0 Å². The first-order chi connectivity index (χ1) is 11.5. The molecule has 1 aromatic carbocycles. The second-order valence-corrected chi connectivity index (χ2v) is 6.40. The van der Waals surface area contributed by atoms with Crippen molar-refractivity contribution in [3.8, 4) is 0 Å². The Balaban J connectivity index is 1.72. The lowest BCUT2D eigenvalue weighted by Gasteiger charge is -2.25. The summed E-state index contributed by atoms with van der Waals surface area (Å²) in [6.45, 7) is 0.614. The molecule has 126 valence electrons. The van der Waals surface area contributed by atoms with Gasteiger partial charge in [0, 0.05) is 24.2 Å². The molecule has 1 aromatic heterocycles. The molecule has 2 aromatic rings. The van der Waals surface area contributed by atoms with Gasteiger partial charge in [-0.25, -0.2) is 8.78 Å². The van der Waals surface area contributed by atoms with E-state index in [0.29, 0.717) is 42.6 Å². The minimum atomic E-state index is -0.943. The van der Waals surface area contributed by atoms with E-state index in [4.69, 9.17) is 5.73 Å². The molecule has 2 atom stereocenters. The van der Waals surface area contributed by atoms with Gasteiger partial charge in [0.25, 0.3) is 5.91 Å². The Hall–Kier alpha value is -2.44. The number of nitrogens with zero attached hydrogens (tertiary/aromatic N) is 2. The number of carbonyl (C=O) groups is 1. The van der Waals surface area contributed by atoms with Gasteiger partial charge in [-0.15, -0.1) is 0 Å². The molecular weight excluding hydrogens is 314 g/mol. The molecule has 4 rings (SSSR count). The molecule has 0 amide bonds. The van der Waals surface area contributed by atoms with Crippen LogP contribution >= 0.6 is 0 Å². The summed E-state index contributed by atoms with van der Waals surface area (Å²) in [7, 11) is 0. The van der Waals surface area contributed by atoms with E-state index < -0.39 is 12.1 Å². The van der Waals surface area contributed by atoms with Crippen LogP contribution < -0.4 is 11.1 Å². The Morgan fingerprint density at radius 3 is 3.04 bits per heavy atom. The molecule has 0 saturated carbocycles. The highest BCUT2D eigenvalue weighted by Gasteiger charge is 2.32. The van der Waals surface area contributed by atoms with Crippen molar-refractivity contribution in [1.82, 2.24) is 9.78 Å². The van der Waals surface area contributed by atoms with Crippen molar-refractivity contribution >= 4 is 17.4 Å². The van der Waals surface area contributed by atoms with Crippen LogP contribution in [-0.4, -0.2) is 28.4 Å². The van der Waals surface area contributed by atoms with Crippen molar-refractivity contribution in [2.75, 3.05) is 17.6 Å². The Bertz CT molecular complexity index is 817. The standard InChI is InChI=1S/C17H18F2N4O/c18-9-1-3-14-12(7-9)11(5-6-21-14)17(24)23-16(20)13-8-10(19)2-4-15(13)22-23/h1,3,7,10-11,21H,2,4-6,8,20H2/t10-,11+/m0/s1. The monoisotopic (exact) mass is 332 g/mol. The van der Waals surface area contributed by atoms with Crippen LogP contribution in [0.2, 0.25) is 0 Å². The van der Waals surface area contributed by atoms with E-state index in [1.165, 1.54) is 16.8 Å². The Labute approximate surface area is 137 Å². The number of anilines is 2. The third-order valence-corrected chi connectivity index (χ3v) is 4.87. The number of nitrogens with two attached hydrogens (primary N) is 1. The van der Waals surface area contributed by atoms with Crippen molar-refractivity contribution < 1.29 is 13.6 Å². The predicted molar refractivity (Wildman–Crippen MR) is 86.4 cm³/mol. The number of halogens is 2. The number of nitrogens with one attached hydrogen (secondary N) is 1. The number of hydrogen-bond acceptors (Lipinski definition) is 4. The molecule has 2 aliphatic rings. The number of aromatic nitrogens is 2. The molecule has 0 fully saturated rings. The first-order valence-corrected chi connectivity index (χ1v) is 8.12. The maximum Gasteiger partial charge on any atom is 0.256 e. The van der Waals surface area contributed by atoms with Gasteiger partial charge in [0.2, 0.25) is 0 Å². The zero-order chi connectivity index (χ0) is 16.8. The van der Waals surface area contributed by atoms with Gasteiger partial charge in [-0.05, 0) is 43.0 Å². The molecule has 1 aliphatic heterocycles. The van der Waals surface area contributed by atoms with E-state index in [1.807, 2.05) is 0 Å². The summed E-state index contributed by atoms with van der Waals surface area (Å²) < 4.78 is 28.4. The quantitative estimate of drug-likeness (QED) is 0.842. The lowest BCUT2D eigenvalue weighted by Crippen LogP contribution is -2.28. The van der Waals surface area contributed by atoms with E-state index in [2.05, 4.69) is 10.4 Å². The Morgan fingerprint density at radius 1 is 1.38 bits per heavy atom. The number of nitrogen functional groups attached to an aromatic ring is 1. The highest BCUT2D eigenvalue weighted by molar-refractivity contribution is 5.90. The van der Waals surface area contributed by atoms with Gasteiger partial charge in [0.05, 0.1) is 11.6 Å². The van der Waals surface area contributed by atoms with Crippen LogP contribution in [0, 0.1) is 5.82 Å². The molecule has 24 heavy (non-hydrogen) atoms. The number of rotatable bonds is 1. The third-order valence-electron chi connectivity index (χ3n) is 4.87. The first-order valence-electron chi connectivity index (χ1n) is 8.12.